The molecule has 0 aliphatic carbocycles. The van der Waals surface area contributed by atoms with Crippen molar-refractivity contribution in [1.29, 1.82) is 0 Å². The number of aliphatic imine (C=N–C) groups is 1. The molecule has 0 bridgehead atoms. The smallest absolute Gasteiger partial charge is 0.135 e. The lowest BCUT2D eigenvalue weighted by atomic mass is 10.2. The monoisotopic (exact) mass is 198 g/mol. The van der Waals surface area contributed by atoms with E-state index in [0.717, 1.165) is 6.54 Å². The molecule has 0 radical (unpaired) electrons. The zero-order valence-electron chi connectivity index (χ0n) is 6.85. The summed E-state index contributed by atoms with van der Waals surface area (Å²) in [7, 11) is 0. The van der Waals surface area contributed by atoms with Crippen LogP contribution >= 0.6 is 11.6 Å². The fourth-order valence-electron chi connectivity index (χ4n) is 1.29. The van der Waals surface area contributed by atoms with Gasteiger partial charge in [-0.2, -0.15) is 0 Å². The van der Waals surface area contributed by atoms with Crippen molar-refractivity contribution in [2.24, 2.45) is 4.99 Å². The summed E-state index contributed by atoms with van der Waals surface area (Å²) in [5.74, 6) is 0.226. The Bertz CT molecular complexity index is 342. The van der Waals surface area contributed by atoms with Crippen LogP contribution in [-0.4, -0.2) is 18.9 Å². The van der Waals surface area contributed by atoms with Crippen LogP contribution in [0.5, 0.6) is 0 Å². The molecule has 1 aliphatic heterocycles. The minimum Gasteiger partial charge on any atom is -0.368 e. The van der Waals surface area contributed by atoms with E-state index in [1.165, 1.54) is 6.07 Å². The molecule has 1 aliphatic rings. The maximum Gasteiger partial charge on any atom is 0.135 e. The SMILES string of the molecule is Fc1cccc(Cl)c1C1=NCCN1. The van der Waals surface area contributed by atoms with Gasteiger partial charge in [-0.3, -0.25) is 4.99 Å². The van der Waals surface area contributed by atoms with Crippen molar-refractivity contribution in [2.75, 3.05) is 13.1 Å². The van der Waals surface area contributed by atoms with E-state index >= 15 is 0 Å². The first kappa shape index (κ1) is 8.51. The Hall–Kier alpha value is -1.09. The van der Waals surface area contributed by atoms with E-state index < -0.39 is 0 Å². The van der Waals surface area contributed by atoms with Gasteiger partial charge >= 0.3 is 0 Å². The van der Waals surface area contributed by atoms with Crippen molar-refractivity contribution in [2.45, 2.75) is 0 Å². The lowest BCUT2D eigenvalue weighted by Crippen LogP contribution is -2.21. The van der Waals surface area contributed by atoms with E-state index in [9.17, 15) is 4.39 Å². The Kier molecular flexibility index (Phi) is 2.19. The van der Waals surface area contributed by atoms with E-state index in [4.69, 9.17) is 11.6 Å². The van der Waals surface area contributed by atoms with Gasteiger partial charge in [0.25, 0.3) is 0 Å². The summed E-state index contributed by atoms with van der Waals surface area (Å²) in [6, 6.07) is 4.61. The quantitative estimate of drug-likeness (QED) is 0.732. The molecule has 68 valence electrons. The Morgan fingerprint density at radius 1 is 1.46 bits per heavy atom. The summed E-state index contributed by atoms with van der Waals surface area (Å²) in [4.78, 5) is 4.11. The maximum absolute atomic E-state index is 13.3. The molecule has 1 N–H and O–H groups in total. The molecule has 4 heteroatoms. The van der Waals surface area contributed by atoms with Crippen LogP contribution in [0.15, 0.2) is 23.2 Å². The van der Waals surface area contributed by atoms with Gasteiger partial charge in [0.1, 0.15) is 11.7 Å². The van der Waals surface area contributed by atoms with Gasteiger partial charge in [-0.15, -0.1) is 0 Å². The van der Waals surface area contributed by atoms with E-state index in [0.29, 0.717) is 23.0 Å². The minimum absolute atomic E-state index is 0.333. The molecule has 2 nitrogen and oxygen atoms in total. The van der Waals surface area contributed by atoms with Crippen molar-refractivity contribution >= 4 is 17.4 Å². The lowest BCUT2D eigenvalue weighted by Gasteiger charge is -2.05. The van der Waals surface area contributed by atoms with Crippen LogP contribution in [-0.2, 0) is 0 Å². The molecule has 1 aromatic carbocycles. The Morgan fingerprint density at radius 2 is 2.31 bits per heavy atom. The highest BCUT2D eigenvalue weighted by atomic mass is 35.5. The standard InChI is InChI=1S/C9H8ClFN2/c10-6-2-1-3-7(11)8(6)9-12-4-5-13-9/h1-3H,4-5H2,(H,12,13). The summed E-state index contributed by atoms with van der Waals surface area (Å²) in [6.45, 7) is 1.43. The van der Waals surface area contributed by atoms with Crippen LogP contribution in [0.1, 0.15) is 5.56 Å². The van der Waals surface area contributed by atoms with E-state index in [-0.39, 0.29) is 5.82 Å². The minimum atomic E-state index is -0.333. The number of hydrogen-bond acceptors (Lipinski definition) is 2. The first-order valence-corrected chi connectivity index (χ1v) is 4.39. The van der Waals surface area contributed by atoms with Crippen molar-refractivity contribution in [3.8, 4) is 0 Å². The maximum atomic E-state index is 13.3. The van der Waals surface area contributed by atoms with Crippen LogP contribution in [0.25, 0.3) is 0 Å². The van der Waals surface area contributed by atoms with Crippen molar-refractivity contribution in [3.05, 3.63) is 34.6 Å². The molecule has 0 aromatic heterocycles. The molecule has 1 aromatic rings. The second-order valence-electron chi connectivity index (χ2n) is 2.75. The van der Waals surface area contributed by atoms with Crippen LogP contribution < -0.4 is 5.32 Å². The number of amidine groups is 1. The molecule has 0 spiro atoms. The first-order chi connectivity index (χ1) is 6.29. The third kappa shape index (κ3) is 1.52. The van der Waals surface area contributed by atoms with Gasteiger partial charge in [0, 0.05) is 6.54 Å². The number of benzene rings is 1. The molecule has 0 amide bonds. The summed E-state index contributed by atoms with van der Waals surface area (Å²) in [5, 5.41) is 3.38. The number of halogens is 2. The van der Waals surface area contributed by atoms with Crippen LogP contribution in [0.3, 0.4) is 0 Å². The highest BCUT2D eigenvalue weighted by molar-refractivity contribution is 6.34. The van der Waals surface area contributed by atoms with Gasteiger partial charge in [-0.1, -0.05) is 17.7 Å². The molecular weight excluding hydrogens is 191 g/mol. The number of rotatable bonds is 1. The van der Waals surface area contributed by atoms with Gasteiger partial charge in [0.15, 0.2) is 0 Å². The topological polar surface area (TPSA) is 24.4 Å². The third-order valence-corrected chi connectivity index (χ3v) is 2.19. The van der Waals surface area contributed by atoms with Crippen LogP contribution in [0.4, 0.5) is 4.39 Å². The molecule has 13 heavy (non-hydrogen) atoms. The lowest BCUT2D eigenvalue weighted by molar-refractivity contribution is 0.624. The van der Waals surface area contributed by atoms with Gasteiger partial charge < -0.3 is 5.32 Å². The Balaban J connectivity index is 2.49. The fourth-order valence-corrected chi connectivity index (χ4v) is 1.54. The van der Waals surface area contributed by atoms with Crippen molar-refractivity contribution in [3.63, 3.8) is 0 Å². The van der Waals surface area contributed by atoms with E-state index in [2.05, 4.69) is 10.3 Å². The van der Waals surface area contributed by atoms with E-state index in [1.807, 2.05) is 0 Å². The largest absolute Gasteiger partial charge is 0.368 e. The summed E-state index contributed by atoms with van der Waals surface area (Å²) >= 11 is 5.85. The normalized spacial score (nSPS) is 15.4. The fraction of sp³-hybridized carbons (Fsp3) is 0.222. The molecule has 0 saturated carbocycles. The molecule has 2 rings (SSSR count). The van der Waals surface area contributed by atoms with Gasteiger partial charge in [-0.25, -0.2) is 4.39 Å². The average molecular weight is 199 g/mol. The molecular formula is C9H8ClFN2. The first-order valence-electron chi connectivity index (χ1n) is 4.02. The van der Waals surface area contributed by atoms with Gasteiger partial charge in [-0.05, 0) is 12.1 Å². The second-order valence-corrected chi connectivity index (χ2v) is 3.16. The number of nitrogens with one attached hydrogen (secondary N) is 1. The predicted molar refractivity (Wildman–Crippen MR) is 50.8 cm³/mol. The Morgan fingerprint density at radius 3 is 2.92 bits per heavy atom. The van der Waals surface area contributed by atoms with E-state index in [1.54, 1.807) is 12.1 Å². The van der Waals surface area contributed by atoms with Crippen molar-refractivity contribution in [1.82, 2.24) is 5.32 Å². The zero-order valence-corrected chi connectivity index (χ0v) is 7.61. The number of nitrogens with zero attached hydrogens (tertiary/aromatic N) is 1. The molecule has 0 saturated heterocycles. The highest BCUT2D eigenvalue weighted by Crippen LogP contribution is 2.19. The number of hydrogen-bond donors (Lipinski definition) is 1. The van der Waals surface area contributed by atoms with Crippen LogP contribution in [0.2, 0.25) is 5.02 Å². The van der Waals surface area contributed by atoms with Crippen LogP contribution in [0, 0.1) is 5.82 Å². The van der Waals surface area contributed by atoms with Gasteiger partial charge in [0.2, 0.25) is 0 Å². The molecule has 0 atom stereocenters. The zero-order chi connectivity index (χ0) is 9.26. The Labute approximate surface area is 80.4 Å². The summed E-state index contributed by atoms with van der Waals surface area (Å²) in [5.41, 5.74) is 0.377. The van der Waals surface area contributed by atoms with Gasteiger partial charge in [0.05, 0.1) is 17.1 Å². The average Bonchev–Trinajstić information content (AvgIpc) is 2.57. The summed E-state index contributed by atoms with van der Waals surface area (Å²) < 4.78 is 13.3. The third-order valence-electron chi connectivity index (χ3n) is 1.87. The highest BCUT2D eigenvalue weighted by Gasteiger charge is 2.15. The predicted octanol–water partition coefficient (Wildman–Crippen LogP) is 1.83. The molecule has 0 fully saturated rings. The molecule has 0 unspecified atom stereocenters. The second kappa shape index (κ2) is 3.34. The van der Waals surface area contributed by atoms with Crippen molar-refractivity contribution < 1.29 is 4.39 Å². The summed E-state index contributed by atoms with van der Waals surface area (Å²) in [6.07, 6.45) is 0. The molecule has 1 heterocycles.